The minimum absolute atomic E-state index is 0.0374. The van der Waals surface area contributed by atoms with Crippen LogP contribution in [0.25, 0.3) is 0 Å². The largest absolute Gasteiger partial charge is 0.389 e. The summed E-state index contributed by atoms with van der Waals surface area (Å²) < 4.78 is 35.1. The number of nitrogens with zero attached hydrogens (tertiary/aromatic N) is 1. The molecular formula is C12H20F3N. The molecule has 0 aliphatic carbocycles. The normalized spacial score (nSPS) is 9.44. The molecule has 94 valence electrons. The maximum Gasteiger partial charge on any atom is 0.389 e. The maximum absolute atomic E-state index is 11.7. The third-order valence-electron chi connectivity index (χ3n) is 1.39. The number of aryl methyl sites for hydroxylation is 1. The molecule has 4 heteroatoms. The van der Waals surface area contributed by atoms with E-state index in [9.17, 15) is 13.2 Å². The van der Waals surface area contributed by atoms with Gasteiger partial charge in [-0.3, -0.25) is 4.98 Å². The molecule has 1 rings (SSSR count). The van der Waals surface area contributed by atoms with Gasteiger partial charge in [-0.25, -0.2) is 0 Å². The van der Waals surface area contributed by atoms with Crippen LogP contribution >= 0.6 is 0 Å². The SMILES string of the molecule is CC.CC.FC(F)(F)CCc1ccccn1. The third-order valence-corrected chi connectivity index (χ3v) is 1.39. The molecule has 0 aliphatic rings. The van der Waals surface area contributed by atoms with E-state index in [2.05, 4.69) is 4.98 Å². The number of rotatable bonds is 2. The average molecular weight is 235 g/mol. The van der Waals surface area contributed by atoms with Gasteiger partial charge < -0.3 is 0 Å². The summed E-state index contributed by atoms with van der Waals surface area (Å²) in [5.41, 5.74) is 0.481. The van der Waals surface area contributed by atoms with E-state index in [0.717, 1.165) is 0 Å². The second-order valence-electron chi connectivity index (χ2n) is 2.44. The second kappa shape index (κ2) is 10.5. The zero-order chi connectivity index (χ0) is 13.0. The molecule has 0 amide bonds. The molecule has 0 fully saturated rings. The predicted molar refractivity (Wildman–Crippen MR) is 61.3 cm³/mol. The summed E-state index contributed by atoms with van der Waals surface area (Å²) >= 11 is 0. The molecule has 0 spiro atoms. The molecule has 0 N–H and O–H groups in total. The Morgan fingerprint density at radius 2 is 1.62 bits per heavy atom. The highest BCUT2D eigenvalue weighted by Gasteiger charge is 2.26. The van der Waals surface area contributed by atoms with Gasteiger partial charge in [0.2, 0.25) is 0 Å². The van der Waals surface area contributed by atoms with Crippen LogP contribution in [0.15, 0.2) is 24.4 Å². The van der Waals surface area contributed by atoms with E-state index in [0.29, 0.717) is 5.69 Å². The van der Waals surface area contributed by atoms with Crippen molar-refractivity contribution in [2.24, 2.45) is 0 Å². The van der Waals surface area contributed by atoms with E-state index in [1.54, 1.807) is 18.2 Å². The first-order valence-electron chi connectivity index (χ1n) is 5.54. The van der Waals surface area contributed by atoms with Crippen molar-refractivity contribution in [1.82, 2.24) is 4.98 Å². The highest BCUT2D eigenvalue weighted by molar-refractivity contribution is 5.03. The smallest absolute Gasteiger partial charge is 0.261 e. The molecule has 0 saturated carbocycles. The van der Waals surface area contributed by atoms with Gasteiger partial charge >= 0.3 is 6.18 Å². The molecule has 1 heterocycles. The molecule has 1 nitrogen and oxygen atoms in total. The van der Waals surface area contributed by atoms with Crippen molar-refractivity contribution in [3.8, 4) is 0 Å². The van der Waals surface area contributed by atoms with Gasteiger partial charge in [-0.15, -0.1) is 0 Å². The van der Waals surface area contributed by atoms with Gasteiger partial charge in [0, 0.05) is 18.3 Å². The maximum atomic E-state index is 11.7. The molecule has 0 saturated heterocycles. The number of aromatic nitrogens is 1. The Bertz CT molecular complexity index is 232. The highest BCUT2D eigenvalue weighted by atomic mass is 19.4. The van der Waals surface area contributed by atoms with Crippen LogP contribution in [0.4, 0.5) is 13.2 Å². The molecule has 1 aromatic heterocycles. The Morgan fingerprint density at radius 1 is 1.06 bits per heavy atom. The molecule has 0 aliphatic heterocycles. The van der Waals surface area contributed by atoms with Crippen molar-refractivity contribution in [3.05, 3.63) is 30.1 Å². The predicted octanol–water partition coefficient (Wildman–Crippen LogP) is 4.63. The lowest BCUT2D eigenvalue weighted by Crippen LogP contribution is -2.08. The lowest BCUT2D eigenvalue weighted by atomic mass is 10.2. The van der Waals surface area contributed by atoms with Crippen LogP contribution in [0.5, 0.6) is 0 Å². The van der Waals surface area contributed by atoms with Crippen LogP contribution in [0.2, 0.25) is 0 Å². The van der Waals surface area contributed by atoms with E-state index < -0.39 is 12.6 Å². The molecule has 0 radical (unpaired) electrons. The number of pyridine rings is 1. The molecular weight excluding hydrogens is 215 g/mol. The molecule has 0 aromatic carbocycles. The van der Waals surface area contributed by atoms with Crippen LogP contribution in [0.1, 0.15) is 39.8 Å². The fourth-order valence-corrected chi connectivity index (χ4v) is 0.816. The van der Waals surface area contributed by atoms with Crippen LogP contribution in [0.3, 0.4) is 0 Å². The monoisotopic (exact) mass is 235 g/mol. The fourth-order valence-electron chi connectivity index (χ4n) is 0.816. The molecule has 0 bridgehead atoms. The Morgan fingerprint density at radius 3 is 2.00 bits per heavy atom. The Labute approximate surface area is 95.7 Å². The van der Waals surface area contributed by atoms with E-state index in [-0.39, 0.29) is 6.42 Å². The number of alkyl halides is 3. The van der Waals surface area contributed by atoms with Crippen molar-refractivity contribution in [3.63, 3.8) is 0 Å². The molecule has 1 aromatic rings. The minimum atomic E-state index is -4.09. The first-order valence-corrected chi connectivity index (χ1v) is 5.54. The summed E-state index contributed by atoms with van der Waals surface area (Å²) in [6, 6.07) is 4.95. The van der Waals surface area contributed by atoms with Crippen molar-refractivity contribution in [1.29, 1.82) is 0 Å². The van der Waals surface area contributed by atoms with Gasteiger partial charge in [0.1, 0.15) is 0 Å². The summed E-state index contributed by atoms with van der Waals surface area (Å²) in [5, 5.41) is 0. The lowest BCUT2D eigenvalue weighted by molar-refractivity contribution is -0.134. The van der Waals surface area contributed by atoms with Gasteiger partial charge in [0.25, 0.3) is 0 Å². The van der Waals surface area contributed by atoms with Crippen LogP contribution in [-0.4, -0.2) is 11.2 Å². The Balaban J connectivity index is 0. The van der Waals surface area contributed by atoms with Gasteiger partial charge in [-0.05, 0) is 18.6 Å². The van der Waals surface area contributed by atoms with E-state index in [1.165, 1.54) is 6.20 Å². The van der Waals surface area contributed by atoms with Crippen LogP contribution in [0, 0.1) is 0 Å². The summed E-state index contributed by atoms with van der Waals surface area (Å²) in [5.74, 6) is 0. The third kappa shape index (κ3) is 11.0. The summed E-state index contributed by atoms with van der Waals surface area (Å²) in [6.07, 6.45) is -3.43. The molecule has 0 atom stereocenters. The minimum Gasteiger partial charge on any atom is -0.261 e. The second-order valence-corrected chi connectivity index (χ2v) is 2.44. The first-order chi connectivity index (χ1) is 7.58. The summed E-state index contributed by atoms with van der Waals surface area (Å²) in [4.78, 5) is 3.78. The standard InChI is InChI=1S/C8H8F3N.2C2H6/c9-8(10,11)5-4-7-3-1-2-6-12-7;2*1-2/h1-3,6H,4-5H2;2*1-2H3. The molecule has 16 heavy (non-hydrogen) atoms. The van der Waals surface area contributed by atoms with E-state index >= 15 is 0 Å². The van der Waals surface area contributed by atoms with Gasteiger partial charge in [0.15, 0.2) is 0 Å². The first kappa shape index (κ1) is 17.3. The van der Waals surface area contributed by atoms with E-state index in [1.807, 2.05) is 27.7 Å². The van der Waals surface area contributed by atoms with E-state index in [4.69, 9.17) is 0 Å². The Kier molecular flexibility index (Phi) is 11.3. The van der Waals surface area contributed by atoms with Gasteiger partial charge in [0.05, 0.1) is 0 Å². The van der Waals surface area contributed by atoms with Crippen molar-refractivity contribution in [2.45, 2.75) is 46.7 Å². The lowest BCUT2D eigenvalue weighted by Gasteiger charge is -2.04. The Hall–Kier alpha value is -1.06. The molecule has 0 unspecified atom stereocenters. The van der Waals surface area contributed by atoms with Crippen molar-refractivity contribution in [2.75, 3.05) is 0 Å². The van der Waals surface area contributed by atoms with Gasteiger partial charge in [-0.1, -0.05) is 33.8 Å². The number of hydrogen-bond acceptors (Lipinski definition) is 1. The topological polar surface area (TPSA) is 12.9 Å². The summed E-state index contributed by atoms with van der Waals surface area (Å²) in [7, 11) is 0. The van der Waals surface area contributed by atoms with Crippen molar-refractivity contribution >= 4 is 0 Å². The summed E-state index contributed by atoms with van der Waals surface area (Å²) in [6.45, 7) is 8.00. The van der Waals surface area contributed by atoms with Crippen LogP contribution in [-0.2, 0) is 6.42 Å². The number of hydrogen-bond donors (Lipinski definition) is 0. The van der Waals surface area contributed by atoms with Crippen LogP contribution < -0.4 is 0 Å². The van der Waals surface area contributed by atoms with Gasteiger partial charge in [-0.2, -0.15) is 13.2 Å². The quantitative estimate of drug-likeness (QED) is 0.728. The highest BCUT2D eigenvalue weighted by Crippen LogP contribution is 2.21. The average Bonchev–Trinajstić information content (AvgIpc) is 2.32. The van der Waals surface area contributed by atoms with Crippen molar-refractivity contribution < 1.29 is 13.2 Å². The number of halogens is 3. The fraction of sp³-hybridized carbons (Fsp3) is 0.583. The zero-order valence-electron chi connectivity index (χ0n) is 10.3. The zero-order valence-corrected chi connectivity index (χ0v) is 10.3.